The number of carbonyl (C=O) groups is 1. The minimum absolute atomic E-state index is 0.143. The van der Waals surface area contributed by atoms with Gasteiger partial charge in [-0.2, -0.15) is 0 Å². The first-order valence-corrected chi connectivity index (χ1v) is 8.75. The van der Waals surface area contributed by atoms with Crippen LogP contribution in [0.25, 0.3) is 0 Å². The number of hydrogen-bond donors (Lipinski definition) is 3. The van der Waals surface area contributed by atoms with Crippen molar-refractivity contribution in [3.05, 3.63) is 57.7 Å². The molecule has 0 saturated heterocycles. The van der Waals surface area contributed by atoms with Gasteiger partial charge in [0.1, 0.15) is 0 Å². The zero-order valence-corrected chi connectivity index (χ0v) is 14.9. The molecule has 2 rings (SSSR count). The van der Waals surface area contributed by atoms with Gasteiger partial charge in [0.25, 0.3) is 5.91 Å². The van der Waals surface area contributed by atoms with E-state index in [-0.39, 0.29) is 15.9 Å². The molecule has 0 bridgehead atoms. The molecule has 0 saturated carbocycles. The van der Waals surface area contributed by atoms with Crippen molar-refractivity contribution in [2.75, 3.05) is 5.32 Å². The quantitative estimate of drug-likeness (QED) is 0.384. The lowest BCUT2D eigenvalue weighted by atomic mass is 10.2. The van der Waals surface area contributed by atoms with E-state index in [4.69, 9.17) is 12.2 Å². The van der Waals surface area contributed by atoms with E-state index in [1.807, 2.05) is 12.1 Å². The summed E-state index contributed by atoms with van der Waals surface area (Å²) in [6.07, 6.45) is 0. The Labute approximate surface area is 148 Å². The van der Waals surface area contributed by atoms with Gasteiger partial charge in [0.2, 0.25) is 0 Å². The number of thiocarbonyl (C=S) groups is 1. The maximum absolute atomic E-state index is 12.1. The van der Waals surface area contributed by atoms with Crippen LogP contribution in [0.3, 0.4) is 0 Å². The standard InChI is InChI=1S/C14H11IN2O3S2/c15-12-4-2-1-3-11(12)13(18)17-14(21)16-9-5-7-10(8-6-9)22(19)20/h1-8,22H,(H2,16,17,18,21). The lowest BCUT2D eigenvalue weighted by Crippen LogP contribution is -2.34. The number of thiol groups is 1. The van der Waals surface area contributed by atoms with Crippen LogP contribution in [0.5, 0.6) is 0 Å². The number of nitrogens with one attached hydrogen (secondary N) is 2. The Bertz CT molecular complexity index is 781. The number of halogens is 1. The molecule has 0 aliphatic heterocycles. The van der Waals surface area contributed by atoms with E-state index < -0.39 is 10.7 Å². The van der Waals surface area contributed by atoms with Gasteiger partial charge in [-0.3, -0.25) is 10.1 Å². The van der Waals surface area contributed by atoms with E-state index in [0.717, 1.165) is 3.57 Å². The molecule has 0 spiro atoms. The second-order valence-electron chi connectivity index (χ2n) is 4.19. The fraction of sp³-hybridized carbons (Fsp3) is 0. The van der Waals surface area contributed by atoms with E-state index >= 15 is 0 Å². The Morgan fingerprint density at radius 3 is 2.27 bits per heavy atom. The summed E-state index contributed by atoms with van der Waals surface area (Å²) in [7, 11) is -2.61. The number of rotatable bonds is 3. The number of benzene rings is 2. The van der Waals surface area contributed by atoms with Gasteiger partial charge < -0.3 is 5.32 Å². The predicted octanol–water partition coefficient (Wildman–Crippen LogP) is 2.39. The third kappa shape index (κ3) is 4.49. The van der Waals surface area contributed by atoms with Crippen molar-refractivity contribution in [1.82, 2.24) is 5.32 Å². The second-order valence-corrected chi connectivity index (χ2v) is 6.79. The summed E-state index contributed by atoms with van der Waals surface area (Å²) < 4.78 is 22.4. The van der Waals surface area contributed by atoms with Crippen LogP contribution in [0.1, 0.15) is 10.4 Å². The molecule has 114 valence electrons. The predicted molar refractivity (Wildman–Crippen MR) is 97.9 cm³/mol. The monoisotopic (exact) mass is 446 g/mol. The number of carbonyl (C=O) groups excluding carboxylic acids is 1. The zero-order chi connectivity index (χ0) is 16.1. The summed E-state index contributed by atoms with van der Waals surface area (Å²) in [5.41, 5.74) is 1.12. The average molecular weight is 446 g/mol. The Hall–Kier alpha value is -1.52. The van der Waals surface area contributed by atoms with Crippen LogP contribution in [0.15, 0.2) is 53.4 Å². The molecule has 0 unspecified atom stereocenters. The van der Waals surface area contributed by atoms with Crippen LogP contribution in [0.2, 0.25) is 0 Å². The van der Waals surface area contributed by atoms with E-state index in [0.29, 0.717) is 11.3 Å². The lowest BCUT2D eigenvalue weighted by Gasteiger charge is -2.10. The van der Waals surface area contributed by atoms with Crippen LogP contribution in [-0.4, -0.2) is 19.4 Å². The van der Waals surface area contributed by atoms with Crippen molar-refractivity contribution in [1.29, 1.82) is 0 Å². The molecule has 5 nitrogen and oxygen atoms in total. The van der Waals surface area contributed by atoms with Crippen LogP contribution in [0.4, 0.5) is 5.69 Å². The zero-order valence-electron chi connectivity index (χ0n) is 11.1. The normalized spacial score (nSPS) is 10.3. The van der Waals surface area contributed by atoms with E-state index in [9.17, 15) is 13.2 Å². The average Bonchev–Trinajstić information content (AvgIpc) is 2.48. The minimum atomic E-state index is -2.61. The minimum Gasteiger partial charge on any atom is -0.332 e. The van der Waals surface area contributed by atoms with Gasteiger partial charge in [0.05, 0.1) is 10.5 Å². The highest BCUT2D eigenvalue weighted by molar-refractivity contribution is 14.1. The first-order chi connectivity index (χ1) is 10.5. The van der Waals surface area contributed by atoms with Crippen molar-refractivity contribution in [3.63, 3.8) is 0 Å². The summed E-state index contributed by atoms with van der Waals surface area (Å²) in [5, 5.41) is 5.55. The van der Waals surface area contributed by atoms with Crippen LogP contribution < -0.4 is 10.6 Å². The van der Waals surface area contributed by atoms with Gasteiger partial charge in [0.15, 0.2) is 15.8 Å². The molecular formula is C14H11IN2O3S2. The Morgan fingerprint density at radius 1 is 1.05 bits per heavy atom. The molecule has 2 aromatic carbocycles. The van der Waals surface area contributed by atoms with E-state index in [1.165, 1.54) is 12.1 Å². The fourth-order valence-electron chi connectivity index (χ4n) is 1.64. The number of hydrogen-bond acceptors (Lipinski definition) is 4. The third-order valence-corrected chi connectivity index (χ3v) is 4.55. The molecule has 0 radical (unpaired) electrons. The largest absolute Gasteiger partial charge is 0.332 e. The van der Waals surface area contributed by atoms with E-state index in [1.54, 1.807) is 24.3 Å². The van der Waals surface area contributed by atoms with Crippen molar-refractivity contribution in [2.24, 2.45) is 0 Å². The summed E-state index contributed by atoms with van der Waals surface area (Å²) >= 11 is 7.15. The molecule has 8 heteroatoms. The van der Waals surface area contributed by atoms with Crippen LogP contribution in [-0.2, 0) is 10.7 Å². The molecule has 2 aromatic rings. The van der Waals surface area contributed by atoms with E-state index in [2.05, 4.69) is 33.2 Å². The molecule has 22 heavy (non-hydrogen) atoms. The van der Waals surface area contributed by atoms with Crippen molar-refractivity contribution < 1.29 is 13.2 Å². The van der Waals surface area contributed by atoms with Crippen molar-refractivity contribution in [2.45, 2.75) is 4.90 Å². The highest BCUT2D eigenvalue weighted by Crippen LogP contribution is 2.12. The van der Waals surface area contributed by atoms with Gasteiger partial charge in [-0.1, -0.05) is 12.1 Å². The molecule has 0 heterocycles. The van der Waals surface area contributed by atoms with Crippen molar-refractivity contribution >= 4 is 62.2 Å². The first-order valence-electron chi connectivity index (χ1n) is 6.08. The molecule has 2 N–H and O–H groups in total. The third-order valence-electron chi connectivity index (χ3n) is 2.68. The first kappa shape index (κ1) is 16.8. The summed E-state index contributed by atoms with van der Waals surface area (Å²) in [6.45, 7) is 0. The molecule has 0 aliphatic carbocycles. The fourth-order valence-corrected chi connectivity index (χ4v) is 2.88. The lowest BCUT2D eigenvalue weighted by molar-refractivity contribution is 0.0977. The second kappa shape index (κ2) is 7.65. The Morgan fingerprint density at radius 2 is 1.68 bits per heavy atom. The maximum Gasteiger partial charge on any atom is 0.258 e. The Balaban J connectivity index is 2.01. The molecule has 0 atom stereocenters. The topological polar surface area (TPSA) is 75.3 Å². The molecule has 1 amide bonds. The van der Waals surface area contributed by atoms with Crippen LogP contribution in [0, 0.1) is 3.57 Å². The molecule has 0 fully saturated rings. The van der Waals surface area contributed by atoms with Crippen LogP contribution >= 0.6 is 34.8 Å². The van der Waals surface area contributed by atoms with Crippen molar-refractivity contribution in [3.8, 4) is 0 Å². The summed E-state index contributed by atoms with van der Waals surface area (Å²) in [6, 6.07) is 13.2. The van der Waals surface area contributed by atoms with Gasteiger partial charge in [0, 0.05) is 9.26 Å². The summed E-state index contributed by atoms with van der Waals surface area (Å²) in [4.78, 5) is 12.3. The molecular weight excluding hydrogens is 435 g/mol. The highest BCUT2D eigenvalue weighted by atomic mass is 127. The van der Waals surface area contributed by atoms with Gasteiger partial charge in [-0.15, -0.1) is 0 Å². The maximum atomic E-state index is 12.1. The molecule has 0 aromatic heterocycles. The summed E-state index contributed by atoms with van der Waals surface area (Å²) in [5.74, 6) is -0.304. The smallest absolute Gasteiger partial charge is 0.258 e. The van der Waals surface area contributed by atoms with Gasteiger partial charge >= 0.3 is 0 Å². The highest BCUT2D eigenvalue weighted by Gasteiger charge is 2.10. The SMILES string of the molecule is O=C(NC(=S)Nc1ccc([SH](=O)=O)cc1)c1ccccc1I. The van der Waals surface area contributed by atoms with Gasteiger partial charge in [-0.05, 0) is 71.2 Å². The molecule has 0 aliphatic rings. The Kier molecular flexibility index (Phi) is 5.86. The van der Waals surface area contributed by atoms with Gasteiger partial charge in [-0.25, -0.2) is 8.42 Å². The number of anilines is 1. The number of amides is 1.